The molecule has 0 unspecified atom stereocenters. The molecule has 0 amide bonds. The minimum absolute atomic E-state index is 0.215. The van der Waals surface area contributed by atoms with E-state index < -0.39 is 5.97 Å². The van der Waals surface area contributed by atoms with Crippen molar-refractivity contribution in [2.75, 3.05) is 26.7 Å². The fourth-order valence-electron chi connectivity index (χ4n) is 1.27. The van der Waals surface area contributed by atoms with Gasteiger partial charge in [-0.25, -0.2) is 0 Å². The molecule has 0 heterocycles. The van der Waals surface area contributed by atoms with E-state index in [2.05, 4.69) is 17.3 Å². The number of rotatable bonds is 7. The molecule has 0 bridgehead atoms. The molecule has 0 saturated heterocycles. The van der Waals surface area contributed by atoms with E-state index >= 15 is 0 Å². The second-order valence-electron chi connectivity index (χ2n) is 3.61. The third kappa shape index (κ3) is 4.85. The smallest absolute Gasteiger partial charge is 0.304 e. The van der Waals surface area contributed by atoms with E-state index in [0.717, 1.165) is 19.1 Å². The molecule has 1 fully saturated rings. The zero-order valence-corrected chi connectivity index (χ0v) is 8.12. The summed E-state index contributed by atoms with van der Waals surface area (Å²) in [7, 11) is 2.12. The Balaban J connectivity index is 1.85. The largest absolute Gasteiger partial charge is 0.481 e. The summed E-state index contributed by atoms with van der Waals surface area (Å²) in [4.78, 5) is 12.5. The third-order valence-electron chi connectivity index (χ3n) is 2.33. The topological polar surface area (TPSA) is 52.6 Å². The van der Waals surface area contributed by atoms with Gasteiger partial charge >= 0.3 is 5.97 Å². The van der Waals surface area contributed by atoms with Crippen LogP contribution in [0.4, 0.5) is 0 Å². The Kier molecular flexibility index (Phi) is 4.18. The van der Waals surface area contributed by atoms with Gasteiger partial charge in [0.05, 0.1) is 6.42 Å². The maximum Gasteiger partial charge on any atom is 0.304 e. The summed E-state index contributed by atoms with van der Waals surface area (Å²) in [5.74, 6) is -0.733. The Morgan fingerprint density at radius 3 is 2.77 bits per heavy atom. The van der Waals surface area contributed by atoms with E-state index in [-0.39, 0.29) is 6.42 Å². The molecule has 0 aromatic carbocycles. The average molecular weight is 186 g/mol. The minimum atomic E-state index is -0.733. The summed E-state index contributed by atoms with van der Waals surface area (Å²) >= 11 is 0. The fourth-order valence-corrected chi connectivity index (χ4v) is 1.27. The van der Waals surface area contributed by atoms with Crippen molar-refractivity contribution in [1.29, 1.82) is 0 Å². The van der Waals surface area contributed by atoms with Crippen molar-refractivity contribution in [2.45, 2.75) is 25.3 Å². The molecule has 13 heavy (non-hydrogen) atoms. The number of hydrogen-bond donors (Lipinski definition) is 2. The van der Waals surface area contributed by atoms with E-state index in [9.17, 15) is 4.79 Å². The first kappa shape index (κ1) is 10.5. The van der Waals surface area contributed by atoms with Crippen LogP contribution in [0.1, 0.15) is 19.3 Å². The molecule has 0 atom stereocenters. The van der Waals surface area contributed by atoms with Crippen molar-refractivity contribution in [2.24, 2.45) is 0 Å². The number of nitrogens with zero attached hydrogens (tertiary/aromatic N) is 1. The van der Waals surface area contributed by atoms with Crippen LogP contribution >= 0.6 is 0 Å². The lowest BCUT2D eigenvalue weighted by molar-refractivity contribution is -0.136. The summed E-state index contributed by atoms with van der Waals surface area (Å²) in [6.07, 6.45) is 2.87. The Morgan fingerprint density at radius 1 is 1.54 bits per heavy atom. The van der Waals surface area contributed by atoms with Crippen molar-refractivity contribution >= 4 is 5.97 Å². The summed E-state index contributed by atoms with van der Waals surface area (Å²) in [6, 6.07) is 0.793. The number of carboxylic acids is 1. The zero-order chi connectivity index (χ0) is 9.68. The fraction of sp³-hybridized carbons (Fsp3) is 0.889. The maximum atomic E-state index is 10.2. The van der Waals surface area contributed by atoms with E-state index in [1.807, 2.05) is 0 Å². The maximum absolute atomic E-state index is 10.2. The van der Waals surface area contributed by atoms with Crippen molar-refractivity contribution in [3.05, 3.63) is 0 Å². The Bertz CT molecular complexity index is 169. The number of carbonyl (C=O) groups is 1. The second kappa shape index (κ2) is 5.19. The highest BCUT2D eigenvalue weighted by molar-refractivity contribution is 5.66. The van der Waals surface area contributed by atoms with Gasteiger partial charge in [0.1, 0.15) is 0 Å². The quantitative estimate of drug-likeness (QED) is 0.555. The van der Waals surface area contributed by atoms with Crippen LogP contribution in [-0.4, -0.2) is 48.7 Å². The Morgan fingerprint density at radius 2 is 2.23 bits per heavy atom. The van der Waals surface area contributed by atoms with Crippen molar-refractivity contribution in [1.82, 2.24) is 10.2 Å². The van der Waals surface area contributed by atoms with Crippen LogP contribution in [0, 0.1) is 0 Å². The lowest BCUT2D eigenvalue weighted by Crippen LogP contribution is -2.31. The summed E-state index contributed by atoms with van der Waals surface area (Å²) < 4.78 is 0. The molecule has 2 N–H and O–H groups in total. The van der Waals surface area contributed by atoms with Crippen LogP contribution in [-0.2, 0) is 4.79 Å². The summed E-state index contributed by atoms with van der Waals surface area (Å²) in [6.45, 7) is 2.48. The number of likely N-dealkylation sites (N-methyl/N-ethyl adjacent to an activating group) is 1. The number of aliphatic carboxylic acids is 1. The van der Waals surface area contributed by atoms with Crippen molar-refractivity contribution < 1.29 is 9.90 Å². The first-order valence-corrected chi connectivity index (χ1v) is 4.83. The molecular formula is C9H18N2O2. The second-order valence-corrected chi connectivity index (χ2v) is 3.61. The Labute approximate surface area is 78.9 Å². The van der Waals surface area contributed by atoms with Gasteiger partial charge in [0.25, 0.3) is 0 Å². The number of carboxylic acid groups (broad SMARTS) is 1. The third-order valence-corrected chi connectivity index (χ3v) is 2.33. The molecule has 0 spiro atoms. The van der Waals surface area contributed by atoms with Gasteiger partial charge in [-0.3, -0.25) is 4.79 Å². The highest BCUT2D eigenvalue weighted by atomic mass is 16.4. The van der Waals surface area contributed by atoms with Gasteiger partial charge < -0.3 is 15.3 Å². The summed E-state index contributed by atoms with van der Waals surface area (Å²) in [5.41, 5.74) is 0. The summed E-state index contributed by atoms with van der Waals surface area (Å²) in [5, 5.41) is 11.5. The Hall–Kier alpha value is -0.610. The van der Waals surface area contributed by atoms with Crippen LogP contribution in [0.5, 0.6) is 0 Å². The predicted octanol–water partition coefficient (Wildman–Crippen LogP) is 0.145. The van der Waals surface area contributed by atoms with Gasteiger partial charge in [-0.2, -0.15) is 0 Å². The molecular weight excluding hydrogens is 168 g/mol. The van der Waals surface area contributed by atoms with Crippen LogP contribution in [0.25, 0.3) is 0 Å². The van der Waals surface area contributed by atoms with E-state index in [1.165, 1.54) is 12.8 Å². The van der Waals surface area contributed by atoms with E-state index in [1.54, 1.807) is 0 Å². The van der Waals surface area contributed by atoms with Gasteiger partial charge in [0, 0.05) is 25.7 Å². The standard InChI is InChI=1S/C9H18N2O2/c1-11(8-2-3-8)7-6-10-5-4-9(12)13/h8,10H,2-7H2,1H3,(H,12,13). The molecule has 1 aliphatic rings. The van der Waals surface area contributed by atoms with Crippen molar-refractivity contribution in [3.8, 4) is 0 Å². The van der Waals surface area contributed by atoms with Gasteiger partial charge in [-0.15, -0.1) is 0 Å². The number of hydrogen-bond acceptors (Lipinski definition) is 3. The molecule has 1 aliphatic carbocycles. The molecule has 0 aromatic heterocycles. The zero-order valence-electron chi connectivity index (χ0n) is 8.12. The molecule has 0 aromatic rings. The lowest BCUT2D eigenvalue weighted by Gasteiger charge is -2.15. The van der Waals surface area contributed by atoms with Crippen LogP contribution in [0.3, 0.4) is 0 Å². The SMILES string of the molecule is CN(CCNCCC(=O)O)C1CC1. The molecule has 1 saturated carbocycles. The molecule has 4 nitrogen and oxygen atoms in total. The van der Waals surface area contributed by atoms with Gasteiger partial charge in [0.2, 0.25) is 0 Å². The molecule has 4 heteroatoms. The number of nitrogens with one attached hydrogen (secondary N) is 1. The van der Waals surface area contributed by atoms with Crippen LogP contribution in [0.2, 0.25) is 0 Å². The van der Waals surface area contributed by atoms with E-state index in [0.29, 0.717) is 6.54 Å². The van der Waals surface area contributed by atoms with Gasteiger partial charge in [-0.05, 0) is 19.9 Å². The average Bonchev–Trinajstić information content (AvgIpc) is 2.85. The predicted molar refractivity (Wildman–Crippen MR) is 50.8 cm³/mol. The molecule has 0 aliphatic heterocycles. The van der Waals surface area contributed by atoms with Gasteiger partial charge in [-0.1, -0.05) is 0 Å². The normalized spacial score (nSPS) is 16.5. The minimum Gasteiger partial charge on any atom is -0.481 e. The highest BCUT2D eigenvalue weighted by Crippen LogP contribution is 2.24. The highest BCUT2D eigenvalue weighted by Gasteiger charge is 2.25. The first-order valence-electron chi connectivity index (χ1n) is 4.83. The van der Waals surface area contributed by atoms with Crippen LogP contribution < -0.4 is 5.32 Å². The molecule has 76 valence electrons. The lowest BCUT2D eigenvalue weighted by atomic mass is 10.4. The van der Waals surface area contributed by atoms with E-state index in [4.69, 9.17) is 5.11 Å². The van der Waals surface area contributed by atoms with Crippen molar-refractivity contribution in [3.63, 3.8) is 0 Å². The molecule has 0 radical (unpaired) electrons. The van der Waals surface area contributed by atoms with Crippen LogP contribution in [0.15, 0.2) is 0 Å². The monoisotopic (exact) mass is 186 g/mol. The van der Waals surface area contributed by atoms with Gasteiger partial charge in [0.15, 0.2) is 0 Å². The first-order chi connectivity index (χ1) is 6.20. The molecule has 1 rings (SSSR count).